The lowest BCUT2D eigenvalue weighted by Gasteiger charge is -2.33. The van der Waals surface area contributed by atoms with E-state index in [1.807, 2.05) is 80.3 Å². The van der Waals surface area contributed by atoms with Gasteiger partial charge in [-0.1, -0.05) is 0 Å². The van der Waals surface area contributed by atoms with E-state index in [4.69, 9.17) is 4.74 Å². The van der Waals surface area contributed by atoms with Gasteiger partial charge in [0, 0.05) is 59.0 Å². The third-order valence-corrected chi connectivity index (χ3v) is 17.7. The van der Waals surface area contributed by atoms with Gasteiger partial charge in [-0.25, -0.2) is 31.6 Å². The summed E-state index contributed by atoms with van der Waals surface area (Å²) in [5.74, 6) is 0. The Morgan fingerprint density at radius 2 is 1.11 bits per heavy atom. The second-order valence-electron chi connectivity index (χ2n) is 17.1. The Bertz CT molecular complexity index is 3270. The molecule has 66 heavy (non-hydrogen) atoms. The fraction of sp³-hybridized carbons (Fsp3) is 0.298. The van der Waals surface area contributed by atoms with Gasteiger partial charge in [0.05, 0.1) is 62.8 Å². The molecule has 1 amide bonds. The summed E-state index contributed by atoms with van der Waals surface area (Å²) in [5.41, 5.74) is 9.72. The van der Waals surface area contributed by atoms with Gasteiger partial charge in [0.25, 0.3) is 0 Å². The summed E-state index contributed by atoms with van der Waals surface area (Å²) < 4.78 is 61.0. The van der Waals surface area contributed by atoms with Crippen molar-refractivity contribution in [2.45, 2.75) is 72.3 Å². The van der Waals surface area contributed by atoms with E-state index >= 15 is 0 Å². The van der Waals surface area contributed by atoms with Crippen LogP contribution < -0.4 is 16.0 Å². The zero-order valence-corrected chi connectivity index (χ0v) is 40.5. The van der Waals surface area contributed by atoms with Gasteiger partial charge in [-0.15, -0.1) is 35.1 Å². The molecular formula is C47H49ClN8O6S4. The van der Waals surface area contributed by atoms with Crippen molar-refractivity contribution in [3.63, 3.8) is 0 Å². The number of halogens is 1. The molecule has 2 saturated heterocycles. The number of benzene rings is 4. The largest absolute Gasteiger partial charge is 0.444 e. The van der Waals surface area contributed by atoms with Gasteiger partial charge in [0.2, 0.25) is 0 Å². The minimum absolute atomic E-state index is 0. The molecule has 0 aliphatic carbocycles. The molecule has 10 rings (SSSR count). The lowest BCUT2D eigenvalue weighted by atomic mass is 10.1. The van der Waals surface area contributed by atoms with E-state index in [1.54, 1.807) is 76.4 Å². The fourth-order valence-corrected chi connectivity index (χ4v) is 13.0. The maximum atomic E-state index is 13.5. The number of hydrogen-bond donors (Lipinski definition) is 3. The highest BCUT2D eigenvalue weighted by Crippen LogP contribution is 2.34. The number of aromatic nitrogens is 4. The number of carbonyl (C=O) groups is 1. The molecule has 14 nitrogen and oxygen atoms in total. The molecule has 6 heterocycles. The van der Waals surface area contributed by atoms with Crippen LogP contribution in [0.5, 0.6) is 0 Å². The van der Waals surface area contributed by atoms with Crippen molar-refractivity contribution < 1.29 is 26.4 Å². The molecule has 4 aromatic carbocycles. The van der Waals surface area contributed by atoms with Gasteiger partial charge >= 0.3 is 6.09 Å². The third-order valence-electron chi connectivity index (χ3n) is 11.6. The van der Waals surface area contributed by atoms with Crippen LogP contribution in [0.3, 0.4) is 0 Å². The summed E-state index contributed by atoms with van der Waals surface area (Å²) in [4.78, 5) is 32.1. The number of pyridine rings is 2. The molecule has 2 aliphatic rings. The normalized spacial score (nSPS) is 15.3. The molecule has 0 saturated carbocycles. The standard InChI is InChI=1S/C26H28N4O4S2.C21H20N4O2S2.ClH/c1-26(2,3)34-25(31)30-12-9-18(10-13-30)36(32,33)19-5-6-21-20(15-19)22(8-11-27-21)29-17-4-7-24-23(14-17)28-16-35-24;26-29(27,15-5-8-22-9-6-15)16-2-3-18-17(12-16)19(7-10-23-18)25-14-1-4-21-20(11-14)24-13-28-21;/h4-8,11,14-16,18H,9-10,12-13H2,1-3H3,(H,27,29);1-4,7,10-13,15,22H,5-6,8-9H2,(H,23,25);1H. The minimum Gasteiger partial charge on any atom is -0.444 e. The summed E-state index contributed by atoms with van der Waals surface area (Å²) in [6.45, 7) is 7.63. The van der Waals surface area contributed by atoms with E-state index in [1.165, 1.54) is 0 Å². The lowest BCUT2D eigenvalue weighted by molar-refractivity contribution is 0.0217. The molecule has 0 bridgehead atoms. The molecular weight excluding hydrogens is 936 g/mol. The number of amides is 1. The molecule has 0 spiro atoms. The Morgan fingerprint density at radius 1 is 0.636 bits per heavy atom. The number of ether oxygens (including phenoxy) is 1. The van der Waals surface area contributed by atoms with Crippen molar-refractivity contribution >= 4 is 126 Å². The van der Waals surface area contributed by atoms with Crippen LogP contribution in [0.15, 0.2) is 118 Å². The number of rotatable bonds is 8. The summed E-state index contributed by atoms with van der Waals surface area (Å²) in [7, 11) is -6.96. The molecule has 2 fully saturated rings. The molecule has 19 heteroatoms. The third kappa shape index (κ3) is 10.2. The predicted molar refractivity (Wildman–Crippen MR) is 268 cm³/mol. The van der Waals surface area contributed by atoms with Crippen LogP contribution in [0.25, 0.3) is 42.2 Å². The van der Waals surface area contributed by atoms with E-state index < -0.39 is 36.6 Å². The van der Waals surface area contributed by atoms with Crippen molar-refractivity contribution in [3.8, 4) is 0 Å². The summed E-state index contributed by atoms with van der Waals surface area (Å²) in [6.07, 6.45) is 5.05. The number of fused-ring (bicyclic) bond motifs is 4. The van der Waals surface area contributed by atoms with E-state index in [0.717, 1.165) is 72.6 Å². The van der Waals surface area contributed by atoms with Crippen LogP contribution >= 0.6 is 35.1 Å². The smallest absolute Gasteiger partial charge is 0.410 e. The van der Waals surface area contributed by atoms with Gasteiger partial charge in [0.15, 0.2) is 19.7 Å². The van der Waals surface area contributed by atoms with Gasteiger partial charge < -0.3 is 25.6 Å². The minimum atomic E-state index is -3.59. The predicted octanol–water partition coefficient (Wildman–Crippen LogP) is 10.3. The Labute approximate surface area is 397 Å². The van der Waals surface area contributed by atoms with Crippen LogP contribution in [-0.4, -0.2) is 90.0 Å². The number of nitrogens with zero attached hydrogens (tertiary/aromatic N) is 5. The SMILES string of the molecule is CC(C)(C)OC(=O)N1CCC(S(=O)(=O)c2ccc3nccc(Nc4ccc5scnc5c4)c3c2)CC1.Cl.O=S(=O)(c1ccc2nccc(Nc3ccc4scnc4c3)c2c1)C1CCNCC1. The quantitative estimate of drug-likeness (QED) is 0.131. The first-order valence-corrected chi connectivity index (χ1v) is 26.2. The zero-order valence-electron chi connectivity index (χ0n) is 36.4. The zero-order chi connectivity index (χ0) is 45.3. The monoisotopic (exact) mass is 984 g/mol. The van der Waals surface area contributed by atoms with Crippen molar-refractivity contribution in [3.05, 3.63) is 108 Å². The molecule has 3 N–H and O–H groups in total. The van der Waals surface area contributed by atoms with Crippen molar-refractivity contribution in [1.82, 2.24) is 30.2 Å². The van der Waals surface area contributed by atoms with Gasteiger partial charge in [-0.2, -0.15) is 0 Å². The molecule has 4 aromatic heterocycles. The Hall–Kier alpha value is -5.50. The van der Waals surface area contributed by atoms with Crippen LogP contribution in [0, 0.1) is 0 Å². The van der Waals surface area contributed by atoms with Crippen molar-refractivity contribution in [2.24, 2.45) is 0 Å². The highest BCUT2D eigenvalue weighted by atomic mass is 35.5. The number of piperidine rings is 2. The van der Waals surface area contributed by atoms with Crippen LogP contribution in [0.1, 0.15) is 46.5 Å². The molecule has 344 valence electrons. The number of carbonyl (C=O) groups excluding carboxylic acids is 1. The number of thiazole rings is 2. The van der Waals surface area contributed by atoms with E-state index in [2.05, 4.69) is 35.9 Å². The first-order valence-electron chi connectivity index (χ1n) is 21.4. The Kier molecular flexibility index (Phi) is 13.8. The maximum Gasteiger partial charge on any atom is 0.410 e. The van der Waals surface area contributed by atoms with Crippen molar-refractivity contribution in [2.75, 3.05) is 36.8 Å². The summed E-state index contributed by atoms with van der Waals surface area (Å²) in [5, 5.41) is 10.7. The molecule has 8 aromatic rings. The van der Waals surface area contributed by atoms with Crippen LogP contribution in [-0.2, 0) is 24.4 Å². The number of hydrogen-bond acceptors (Lipinski definition) is 15. The molecule has 0 unspecified atom stereocenters. The number of nitrogens with one attached hydrogen (secondary N) is 3. The first-order chi connectivity index (χ1) is 31.2. The maximum absolute atomic E-state index is 13.5. The number of likely N-dealkylation sites (tertiary alicyclic amines) is 1. The fourth-order valence-electron chi connectivity index (χ4n) is 8.17. The highest BCUT2D eigenvalue weighted by molar-refractivity contribution is 7.92. The molecule has 0 atom stereocenters. The van der Waals surface area contributed by atoms with E-state index in [-0.39, 0.29) is 22.6 Å². The summed E-state index contributed by atoms with van der Waals surface area (Å²) >= 11 is 3.19. The van der Waals surface area contributed by atoms with Crippen LogP contribution in [0.4, 0.5) is 27.5 Å². The average molecular weight is 986 g/mol. The van der Waals surface area contributed by atoms with Gasteiger partial charge in [0.1, 0.15) is 5.60 Å². The average Bonchev–Trinajstić information content (AvgIpc) is 3.99. The van der Waals surface area contributed by atoms with Gasteiger partial charge in [-0.3, -0.25) is 9.97 Å². The highest BCUT2D eigenvalue weighted by Gasteiger charge is 2.35. The first kappa shape index (κ1) is 47.0. The van der Waals surface area contributed by atoms with E-state index in [9.17, 15) is 21.6 Å². The number of anilines is 4. The molecule has 2 aliphatic heterocycles. The van der Waals surface area contributed by atoms with E-state index in [0.29, 0.717) is 49.2 Å². The second-order valence-corrected chi connectivity index (χ2v) is 23.3. The van der Waals surface area contributed by atoms with Crippen molar-refractivity contribution in [1.29, 1.82) is 0 Å². The Balaban J connectivity index is 0.000000180. The topological polar surface area (TPSA) is 185 Å². The van der Waals surface area contributed by atoms with Crippen LogP contribution in [0.2, 0.25) is 0 Å². The second kappa shape index (κ2) is 19.4. The lowest BCUT2D eigenvalue weighted by Crippen LogP contribution is -2.44. The summed E-state index contributed by atoms with van der Waals surface area (Å²) in [6, 6.07) is 26.0. The Morgan fingerprint density at radius 3 is 1.58 bits per heavy atom. The molecule has 0 radical (unpaired) electrons. The number of sulfone groups is 2. The van der Waals surface area contributed by atoms with Gasteiger partial charge in [-0.05, 0) is 144 Å².